The molecular weight excluding hydrogens is 402 g/mol. The Morgan fingerprint density at radius 2 is 1.97 bits per heavy atom. The third kappa shape index (κ3) is 4.58. The van der Waals surface area contributed by atoms with Crippen molar-refractivity contribution in [2.45, 2.75) is 56.1 Å². The minimum atomic E-state index is -3.71. The van der Waals surface area contributed by atoms with Gasteiger partial charge in [-0.25, -0.2) is 18.1 Å². The third-order valence-electron chi connectivity index (χ3n) is 5.45. The van der Waals surface area contributed by atoms with Crippen LogP contribution in [0.1, 0.15) is 38.3 Å². The third-order valence-corrected chi connectivity index (χ3v) is 6.94. The zero-order valence-corrected chi connectivity index (χ0v) is 17.8. The van der Waals surface area contributed by atoms with Crippen molar-refractivity contribution in [1.82, 2.24) is 24.7 Å². The lowest BCUT2D eigenvalue weighted by atomic mass is 9.84. The van der Waals surface area contributed by atoms with Crippen LogP contribution in [0, 0.1) is 6.92 Å². The molecule has 1 aliphatic carbocycles. The first kappa shape index (κ1) is 20.6. The Kier molecular flexibility index (Phi) is 5.44. The zero-order valence-electron chi connectivity index (χ0n) is 17.0. The highest BCUT2D eigenvalue weighted by Gasteiger charge is 2.31. The second-order valence-corrected chi connectivity index (χ2v) is 9.84. The van der Waals surface area contributed by atoms with Crippen LogP contribution in [0.4, 0.5) is 0 Å². The van der Waals surface area contributed by atoms with E-state index in [-0.39, 0.29) is 10.9 Å². The number of H-pyrrole nitrogens is 1. The van der Waals surface area contributed by atoms with E-state index in [1.165, 1.54) is 6.20 Å². The van der Waals surface area contributed by atoms with E-state index in [9.17, 15) is 13.5 Å². The van der Waals surface area contributed by atoms with E-state index in [2.05, 4.69) is 24.7 Å². The number of nitrogens with zero attached hydrogens (tertiary/aromatic N) is 3. The fourth-order valence-corrected chi connectivity index (χ4v) is 4.95. The normalized spacial score (nSPS) is 22.2. The number of rotatable bonds is 5. The molecule has 8 nitrogen and oxygen atoms in total. The average Bonchev–Trinajstić information content (AvgIpc) is 3.16. The summed E-state index contributed by atoms with van der Waals surface area (Å²) in [7, 11) is -3.71. The van der Waals surface area contributed by atoms with Gasteiger partial charge >= 0.3 is 0 Å². The van der Waals surface area contributed by atoms with Crippen LogP contribution in [0.2, 0.25) is 0 Å². The SMILES string of the molecule is Cc1c[nH]c(-c2cc(-c3cncc(S(=O)(=O)N[C@H]4CC[C@@](C)(O)CC4)c3)ccn2)n1. The molecule has 0 atom stereocenters. The Balaban J connectivity index is 1.57. The molecule has 3 heterocycles. The maximum absolute atomic E-state index is 12.9. The number of hydrogen-bond donors (Lipinski definition) is 3. The quantitative estimate of drug-likeness (QED) is 0.576. The van der Waals surface area contributed by atoms with Gasteiger partial charge in [-0.1, -0.05) is 0 Å². The van der Waals surface area contributed by atoms with Gasteiger partial charge in [-0.2, -0.15) is 0 Å². The molecule has 9 heteroatoms. The Morgan fingerprint density at radius 3 is 2.67 bits per heavy atom. The zero-order chi connectivity index (χ0) is 21.4. The number of aliphatic hydroxyl groups is 1. The Labute approximate surface area is 175 Å². The number of aromatic amines is 1. The number of imidazole rings is 1. The van der Waals surface area contributed by atoms with E-state index >= 15 is 0 Å². The predicted molar refractivity (Wildman–Crippen MR) is 113 cm³/mol. The Morgan fingerprint density at radius 1 is 1.20 bits per heavy atom. The van der Waals surface area contributed by atoms with Crippen molar-refractivity contribution < 1.29 is 13.5 Å². The van der Waals surface area contributed by atoms with Crippen molar-refractivity contribution >= 4 is 10.0 Å². The molecule has 3 N–H and O–H groups in total. The summed E-state index contributed by atoms with van der Waals surface area (Å²) < 4.78 is 28.6. The van der Waals surface area contributed by atoms with Crippen LogP contribution in [-0.4, -0.2) is 45.1 Å². The summed E-state index contributed by atoms with van der Waals surface area (Å²) in [6, 6.07) is 5.08. The standard InChI is InChI=1S/C21H25N5O3S/c1-14-11-24-20(25-14)19-10-15(5-8-23-19)16-9-18(13-22-12-16)30(28,29)26-17-3-6-21(2,27)7-4-17/h5,8-13,17,26-27H,3-4,6-7H2,1-2H3,(H,24,25)/t17-,21+. The first-order chi connectivity index (χ1) is 14.2. The van der Waals surface area contributed by atoms with Gasteiger partial charge in [0.25, 0.3) is 0 Å². The van der Waals surface area contributed by atoms with Crippen LogP contribution in [0.25, 0.3) is 22.6 Å². The molecule has 4 rings (SSSR count). The van der Waals surface area contributed by atoms with E-state index in [0.717, 1.165) is 11.3 Å². The first-order valence-corrected chi connectivity index (χ1v) is 11.4. The molecule has 0 amide bonds. The van der Waals surface area contributed by atoms with Crippen molar-refractivity contribution in [3.05, 3.63) is 48.7 Å². The van der Waals surface area contributed by atoms with Gasteiger partial charge in [-0.15, -0.1) is 0 Å². The minimum absolute atomic E-state index is 0.115. The maximum Gasteiger partial charge on any atom is 0.242 e. The van der Waals surface area contributed by atoms with Crippen molar-refractivity contribution in [3.63, 3.8) is 0 Å². The van der Waals surface area contributed by atoms with Crippen LogP contribution < -0.4 is 4.72 Å². The van der Waals surface area contributed by atoms with E-state index in [1.54, 1.807) is 31.6 Å². The lowest BCUT2D eigenvalue weighted by molar-refractivity contribution is 0.0163. The van der Waals surface area contributed by atoms with Gasteiger partial charge in [-0.05, 0) is 63.3 Å². The molecule has 30 heavy (non-hydrogen) atoms. The van der Waals surface area contributed by atoms with E-state index in [4.69, 9.17) is 0 Å². The fourth-order valence-electron chi connectivity index (χ4n) is 3.65. The van der Waals surface area contributed by atoms with Gasteiger partial charge in [0.05, 0.1) is 11.3 Å². The number of aromatic nitrogens is 4. The minimum Gasteiger partial charge on any atom is -0.390 e. The van der Waals surface area contributed by atoms with E-state index in [0.29, 0.717) is 42.8 Å². The highest BCUT2D eigenvalue weighted by atomic mass is 32.2. The first-order valence-electron chi connectivity index (χ1n) is 9.90. The number of hydrogen-bond acceptors (Lipinski definition) is 6. The summed E-state index contributed by atoms with van der Waals surface area (Å²) in [4.78, 5) is 16.1. The lowest BCUT2D eigenvalue weighted by Gasteiger charge is -2.33. The number of nitrogens with one attached hydrogen (secondary N) is 2. The highest BCUT2D eigenvalue weighted by molar-refractivity contribution is 7.89. The van der Waals surface area contributed by atoms with Crippen LogP contribution in [0.15, 0.2) is 47.9 Å². The summed E-state index contributed by atoms with van der Waals surface area (Å²) in [6.45, 7) is 3.68. The molecule has 0 aromatic carbocycles. The topological polar surface area (TPSA) is 121 Å². The fraction of sp³-hybridized carbons (Fsp3) is 0.381. The van der Waals surface area contributed by atoms with Gasteiger partial charge in [0.1, 0.15) is 10.6 Å². The smallest absolute Gasteiger partial charge is 0.242 e. The second-order valence-electron chi connectivity index (χ2n) is 8.12. The number of sulfonamides is 1. The molecule has 158 valence electrons. The summed E-state index contributed by atoms with van der Waals surface area (Å²) >= 11 is 0. The van der Waals surface area contributed by atoms with Crippen LogP contribution >= 0.6 is 0 Å². The second kappa shape index (κ2) is 7.90. The molecule has 0 spiro atoms. The van der Waals surface area contributed by atoms with Gasteiger partial charge in [0.15, 0.2) is 5.82 Å². The molecule has 1 fully saturated rings. The number of aryl methyl sites for hydroxylation is 1. The van der Waals surface area contributed by atoms with Gasteiger partial charge < -0.3 is 10.1 Å². The maximum atomic E-state index is 12.9. The molecule has 1 aliphatic rings. The molecule has 1 saturated carbocycles. The van der Waals surface area contributed by atoms with Gasteiger partial charge in [-0.3, -0.25) is 9.97 Å². The van der Waals surface area contributed by atoms with Crippen molar-refractivity contribution in [2.24, 2.45) is 0 Å². The van der Waals surface area contributed by atoms with Crippen LogP contribution in [0.3, 0.4) is 0 Å². The predicted octanol–water partition coefficient (Wildman–Crippen LogP) is 2.81. The molecule has 3 aromatic rings. The van der Waals surface area contributed by atoms with Crippen LogP contribution in [-0.2, 0) is 10.0 Å². The summed E-state index contributed by atoms with van der Waals surface area (Å²) in [5, 5.41) is 10.1. The Hall–Kier alpha value is -2.62. The molecule has 0 radical (unpaired) electrons. The van der Waals surface area contributed by atoms with Gasteiger partial charge in [0, 0.05) is 36.4 Å². The largest absolute Gasteiger partial charge is 0.390 e. The van der Waals surface area contributed by atoms with Crippen LogP contribution in [0.5, 0.6) is 0 Å². The van der Waals surface area contributed by atoms with Crippen molar-refractivity contribution in [1.29, 1.82) is 0 Å². The average molecular weight is 428 g/mol. The molecule has 0 aliphatic heterocycles. The summed E-state index contributed by atoms with van der Waals surface area (Å²) in [6.07, 6.45) is 8.80. The molecule has 0 bridgehead atoms. The highest BCUT2D eigenvalue weighted by Crippen LogP contribution is 2.29. The van der Waals surface area contributed by atoms with Gasteiger partial charge in [0.2, 0.25) is 10.0 Å². The van der Waals surface area contributed by atoms with E-state index < -0.39 is 15.6 Å². The molecular formula is C21H25N5O3S. The summed E-state index contributed by atoms with van der Waals surface area (Å²) in [5.41, 5.74) is 2.29. The molecule has 0 saturated heterocycles. The Bertz CT molecular complexity index is 1150. The lowest BCUT2D eigenvalue weighted by Crippen LogP contribution is -2.42. The molecule has 0 unspecified atom stereocenters. The van der Waals surface area contributed by atoms with Crippen molar-refractivity contribution in [3.8, 4) is 22.6 Å². The monoisotopic (exact) mass is 427 g/mol. The summed E-state index contributed by atoms with van der Waals surface area (Å²) in [5.74, 6) is 0.654. The molecule has 3 aromatic heterocycles. The van der Waals surface area contributed by atoms with Crippen molar-refractivity contribution in [2.75, 3.05) is 0 Å². The van der Waals surface area contributed by atoms with E-state index in [1.807, 2.05) is 19.1 Å². The number of pyridine rings is 2.